The van der Waals surface area contributed by atoms with Crippen LogP contribution in [0.2, 0.25) is 0 Å². The molecule has 10 heteroatoms. The first-order valence-corrected chi connectivity index (χ1v) is 14.1. The maximum absolute atomic E-state index is 13.3. The second kappa shape index (κ2) is 14.0. The molecule has 1 atom stereocenters. The van der Waals surface area contributed by atoms with Crippen LogP contribution in [0.25, 0.3) is 6.08 Å². The fraction of sp³-hybridized carbons (Fsp3) is 0.206. The van der Waals surface area contributed by atoms with Crippen LogP contribution in [0.1, 0.15) is 40.7 Å². The van der Waals surface area contributed by atoms with Crippen molar-refractivity contribution < 1.29 is 19.1 Å². The van der Waals surface area contributed by atoms with E-state index in [4.69, 9.17) is 9.47 Å². The van der Waals surface area contributed by atoms with Gasteiger partial charge in [0.15, 0.2) is 0 Å². The van der Waals surface area contributed by atoms with Crippen molar-refractivity contribution in [3.8, 4) is 23.3 Å². The standard InChI is InChI=1S/C34H32N6O4/c1-4-10-26-15-16-27(20-28(26)35-2)43-18-9-8-11-24-14-17-31-30(19-24)39(3)34(42)29(22-44-31)37-33(41)32-36-23-40(38-32)21-25-12-6-5-7-13-25/h4-7,10,12-17,19-20,23,29H,2,9,18,21-22H2,1,3H3,(H,37,41)/b10-4-. The number of aliphatic imine (C=N–C) groups is 1. The number of carbonyl (C=O) groups excluding carboxylic acids is 2. The molecule has 1 unspecified atom stereocenters. The summed E-state index contributed by atoms with van der Waals surface area (Å²) in [6.45, 7) is 6.42. The predicted octanol–water partition coefficient (Wildman–Crippen LogP) is 4.67. The van der Waals surface area contributed by atoms with Gasteiger partial charge < -0.3 is 19.7 Å². The third-order valence-corrected chi connectivity index (χ3v) is 6.83. The summed E-state index contributed by atoms with van der Waals surface area (Å²) in [6.07, 6.45) is 5.90. The Balaban J connectivity index is 1.17. The summed E-state index contributed by atoms with van der Waals surface area (Å²) in [5.74, 6) is 6.54. The third-order valence-electron chi connectivity index (χ3n) is 6.83. The number of anilines is 1. The van der Waals surface area contributed by atoms with E-state index in [1.165, 1.54) is 11.2 Å². The molecule has 2 heterocycles. The molecule has 0 fully saturated rings. The van der Waals surface area contributed by atoms with Crippen LogP contribution in [0.3, 0.4) is 0 Å². The molecule has 0 saturated carbocycles. The van der Waals surface area contributed by atoms with E-state index >= 15 is 0 Å². The predicted molar refractivity (Wildman–Crippen MR) is 170 cm³/mol. The molecule has 2 amide bonds. The molecular weight excluding hydrogens is 556 g/mol. The fourth-order valence-corrected chi connectivity index (χ4v) is 4.60. The number of nitrogens with one attached hydrogen (secondary N) is 1. The van der Waals surface area contributed by atoms with Gasteiger partial charge in [0.05, 0.1) is 24.5 Å². The average molecular weight is 589 g/mol. The Hall–Kier alpha value is -5.69. The van der Waals surface area contributed by atoms with Crippen molar-refractivity contribution in [1.29, 1.82) is 0 Å². The minimum absolute atomic E-state index is 0.0249. The Labute approximate surface area is 256 Å². The van der Waals surface area contributed by atoms with E-state index < -0.39 is 11.9 Å². The summed E-state index contributed by atoms with van der Waals surface area (Å²) < 4.78 is 13.3. The molecule has 5 rings (SSSR count). The smallest absolute Gasteiger partial charge is 0.291 e. The highest BCUT2D eigenvalue weighted by Crippen LogP contribution is 2.31. The number of nitrogens with zero attached hydrogens (tertiary/aromatic N) is 5. The van der Waals surface area contributed by atoms with Crippen LogP contribution in [0.15, 0.2) is 84.1 Å². The molecule has 1 N–H and O–H groups in total. The zero-order valence-electron chi connectivity index (χ0n) is 24.6. The topological polar surface area (TPSA) is 111 Å². The van der Waals surface area contributed by atoms with Gasteiger partial charge in [0.2, 0.25) is 5.82 Å². The largest absolute Gasteiger partial charge is 0.493 e. The minimum Gasteiger partial charge on any atom is -0.493 e. The van der Waals surface area contributed by atoms with Gasteiger partial charge in [-0.15, -0.1) is 5.10 Å². The Bertz CT molecular complexity index is 1750. The lowest BCUT2D eigenvalue weighted by Gasteiger charge is -2.20. The number of likely N-dealkylation sites (N-methyl/N-ethyl adjacent to an activating group) is 1. The highest BCUT2D eigenvalue weighted by Gasteiger charge is 2.31. The molecule has 0 radical (unpaired) electrons. The number of benzene rings is 3. The van der Waals surface area contributed by atoms with E-state index in [1.807, 2.05) is 73.7 Å². The number of hydrogen-bond donors (Lipinski definition) is 1. The van der Waals surface area contributed by atoms with Gasteiger partial charge in [0, 0.05) is 30.7 Å². The van der Waals surface area contributed by atoms with Crippen molar-refractivity contribution in [3.63, 3.8) is 0 Å². The molecule has 0 spiro atoms. The van der Waals surface area contributed by atoms with Crippen molar-refractivity contribution in [2.75, 3.05) is 25.2 Å². The van der Waals surface area contributed by atoms with Crippen molar-refractivity contribution in [2.45, 2.75) is 25.9 Å². The Morgan fingerprint density at radius 1 is 1.20 bits per heavy atom. The van der Waals surface area contributed by atoms with Gasteiger partial charge in [-0.2, -0.15) is 0 Å². The zero-order chi connectivity index (χ0) is 30.9. The molecule has 222 valence electrons. The van der Waals surface area contributed by atoms with Gasteiger partial charge in [0.25, 0.3) is 11.8 Å². The lowest BCUT2D eigenvalue weighted by Crippen LogP contribution is -2.49. The molecule has 10 nitrogen and oxygen atoms in total. The summed E-state index contributed by atoms with van der Waals surface area (Å²) in [6, 6.07) is 19.9. The van der Waals surface area contributed by atoms with Gasteiger partial charge in [-0.1, -0.05) is 54.3 Å². The number of hydrogen-bond acceptors (Lipinski definition) is 7. The van der Waals surface area contributed by atoms with E-state index in [0.717, 1.165) is 22.4 Å². The molecule has 1 aliphatic rings. The molecule has 0 saturated heterocycles. The second-order valence-corrected chi connectivity index (χ2v) is 9.95. The van der Waals surface area contributed by atoms with Crippen LogP contribution in [0.5, 0.6) is 11.5 Å². The van der Waals surface area contributed by atoms with Crippen molar-refractivity contribution in [2.24, 2.45) is 4.99 Å². The maximum atomic E-state index is 13.3. The molecule has 0 bridgehead atoms. The highest BCUT2D eigenvalue weighted by atomic mass is 16.5. The van der Waals surface area contributed by atoms with Gasteiger partial charge >= 0.3 is 0 Å². The SMILES string of the molecule is C=Nc1cc(OCCC#Cc2ccc3c(c2)N(C)C(=O)C(NC(=O)c2ncn(Cc4ccccc4)n2)CO3)ccc1/C=C\C. The number of aromatic nitrogens is 3. The average Bonchev–Trinajstić information content (AvgIpc) is 3.48. The molecule has 1 aliphatic heterocycles. The number of rotatable bonds is 9. The number of fused-ring (bicyclic) bond motifs is 1. The summed E-state index contributed by atoms with van der Waals surface area (Å²) in [5, 5.41) is 6.97. The Kier molecular flexibility index (Phi) is 9.47. The molecule has 0 aliphatic carbocycles. The van der Waals surface area contributed by atoms with Gasteiger partial charge in [-0.05, 0) is 49.5 Å². The Morgan fingerprint density at radius 3 is 2.84 bits per heavy atom. The summed E-state index contributed by atoms with van der Waals surface area (Å²) in [7, 11) is 1.64. The van der Waals surface area contributed by atoms with Crippen molar-refractivity contribution in [1.82, 2.24) is 20.1 Å². The minimum atomic E-state index is -0.920. The van der Waals surface area contributed by atoms with Crippen LogP contribution < -0.4 is 19.7 Å². The normalized spacial score (nSPS) is 14.2. The summed E-state index contributed by atoms with van der Waals surface area (Å²) in [5.41, 5.74) is 4.04. The first-order valence-electron chi connectivity index (χ1n) is 14.1. The summed E-state index contributed by atoms with van der Waals surface area (Å²) in [4.78, 5) is 35.8. The van der Waals surface area contributed by atoms with Crippen LogP contribution in [0.4, 0.5) is 11.4 Å². The monoisotopic (exact) mass is 588 g/mol. The van der Waals surface area contributed by atoms with Crippen LogP contribution in [-0.4, -0.2) is 59.6 Å². The van der Waals surface area contributed by atoms with Crippen LogP contribution in [-0.2, 0) is 11.3 Å². The third kappa shape index (κ3) is 7.20. The van der Waals surface area contributed by atoms with E-state index in [0.29, 0.717) is 36.8 Å². The van der Waals surface area contributed by atoms with Crippen molar-refractivity contribution >= 4 is 36.0 Å². The lowest BCUT2D eigenvalue weighted by molar-refractivity contribution is -0.120. The molecule has 1 aromatic heterocycles. The van der Waals surface area contributed by atoms with Crippen LogP contribution in [0, 0.1) is 11.8 Å². The maximum Gasteiger partial charge on any atom is 0.291 e. The number of ether oxygens (including phenoxy) is 2. The first kappa shape index (κ1) is 29.8. The fourth-order valence-electron chi connectivity index (χ4n) is 4.60. The van der Waals surface area contributed by atoms with Crippen LogP contribution >= 0.6 is 0 Å². The number of carbonyl (C=O) groups is 2. The molecule has 3 aromatic carbocycles. The quantitative estimate of drug-likeness (QED) is 0.173. The van der Waals surface area contributed by atoms with E-state index in [1.54, 1.807) is 23.9 Å². The Morgan fingerprint density at radius 2 is 2.05 bits per heavy atom. The summed E-state index contributed by atoms with van der Waals surface area (Å²) >= 11 is 0. The molecule has 4 aromatic rings. The first-order chi connectivity index (χ1) is 21.4. The van der Waals surface area contributed by atoms with E-state index in [2.05, 4.69) is 39.0 Å². The van der Waals surface area contributed by atoms with Gasteiger partial charge in [-0.25, -0.2) is 9.67 Å². The van der Waals surface area contributed by atoms with E-state index in [9.17, 15) is 9.59 Å². The second-order valence-electron chi connectivity index (χ2n) is 9.95. The zero-order valence-corrected chi connectivity index (χ0v) is 24.6. The van der Waals surface area contributed by atoms with Gasteiger partial charge in [-0.3, -0.25) is 14.6 Å². The number of allylic oxidation sites excluding steroid dienone is 1. The highest BCUT2D eigenvalue weighted by molar-refractivity contribution is 6.02. The number of amides is 2. The molecule has 44 heavy (non-hydrogen) atoms. The molecular formula is C34H32N6O4. The van der Waals surface area contributed by atoms with Crippen molar-refractivity contribution in [3.05, 3.63) is 102 Å². The van der Waals surface area contributed by atoms with E-state index in [-0.39, 0.29) is 18.3 Å². The van der Waals surface area contributed by atoms with Gasteiger partial charge in [0.1, 0.15) is 30.5 Å². The lowest BCUT2D eigenvalue weighted by atomic mass is 10.1.